The van der Waals surface area contributed by atoms with Gasteiger partial charge in [-0.05, 0) is 41.5 Å². The molecule has 1 amide bonds. The van der Waals surface area contributed by atoms with Gasteiger partial charge in [0, 0.05) is 19.4 Å². The summed E-state index contributed by atoms with van der Waals surface area (Å²) in [4.78, 5) is 11.8. The number of nitrogens with zero attached hydrogens (tertiary/aromatic N) is 4. The van der Waals surface area contributed by atoms with Crippen molar-refractivity contribution in [1.29, 1.82) is 0 Å². The molecule has 1 aliphatic rings. The average Bonchev–Trinajstić information content (AvgIpc) is 3.07. The molecule has 1 aliphatic heterocycles. The van der Waals surface area contributed by atoms with Crippen LogP contribution in [0.2, 0.25) is 0 Å². The van der Waals surface area contributed by atoms with Crippen LogP contribution in [0.15, 0.2) is 24.5 Å². The molecule has 0 radical (unpaired) electrons. The van der Waals surface area contributed by atoms with E-state index in [4.69, 9.17) is 4.74 Å². The van der Waals surface area contributed by atoms with Crippen molar-refractivity contribution in [3.63, 3.8) is 0 Å². The van der Waals surface area contributed by atoms with Crippen LogP contribution in [-0.4, -0.2) is 31.7 Å². The molecule has 0 atom stereocenters. The molecule has 0 unspecified atom stereocenters. The van der Waals surface area contributed by atoms with Gasteiger partial charge in [-0.25, -0.2) is 4.68 Å². The lowest BCUT2D eigenvalue weighted by Gasteiger charge is -2.16. The second-order valence-corrected chi connectivity index (χ2v) is 6.08. The Morgan fingerprint density at radius 3 is 3.09 bits per heavy atom. The van der Waals surface area contributed by atoms with Crippen LogP contribution >= 0.6 is 0 Å². The van der Waals surface area contributed by atoms with Crippen molar-refractivity contribution in [2.75, 3.05) is 0 Å². The zero-order chi connectivity index (χ0) is 15.6. The number of amides is 1. The molecule has 7 heteroatoms. The van der Waals surface area contributed by atoms with Crippen molar-refractivity contribution >= 4 is 5.91 Å². The maximum Gasteiger partial charge on any atom is 0.222 e. The van der Waals surface area contributed by atoms with Gasteiger partial charge in [0.05, 0.1) is 6.54 Å². The molecule has 3 rings (SSSR count). The normalized spacial score (nSPS) is 15.2. The van der Waals surface area contributed by atoms with Crippen molar-refractivity contribution in [1.82, 2.24) is 25.5 Å². The number of rotatable bonds is 5. The Labute approximate surface area is 128 Å². The molecule has 22 heavy (non-hydrogen) atoms. The Hall–Kier alpha value is -2.44. The highest BCUT2D eigenvalue weighted by Gasteiger charge is 2.29. The quantitative estimate of drug-likeness (QED) is 0.894. The molecule has 0 saturated heterocycles. The van der Waals surface area contributed by atoms with E-state index in [9.17, 15) is 4.79 Å². The van der Waals surface area contributed by atoms with Crippen LogP contribution in [0.1, 0.15) is 31.4 Å². The lowest BCUT2D eigenvalue weighted by Crippen LogP contribution is -2.24. The summed E-state index contributed by atoms with van der Waals surface area (Å²) < 4.78 is 7.38. The molecule has 1 aromatic carbocycles. The summed E-state index contributed by atoms with van der Waals surface area (Å²) in [6, 6.07) is 6.07. The number of carbonyl (C=O) groups excluding carboxylic acids is 1. The van der Waals surface area contributed by atoms with E-state index in [1.807, 2.05) is 12.1 Å². The monoisotopic (exact) mass is 301 g/mol. The summed E-state index contributed by atoms with van der Waals surface area (Å²) in [5.41, 5.74) is 2.14. The molecule has 2 aromatic rings. The minimum atomic E-state index is -0.143. The average molecular weight is 301 g/mol. The first-order chi connectivity index (χ1) is 10.5. The van der Waals surface area contributed by atoms with Gasteiger partial charge in [-0.3, -0.25) is 4.79 Å². The number of nitrogens with one attached hydrogen (secondary N) is 1. The lowest BCUT2D eigenvalue weighted by atomic mass is 10.0. The van der Waals surface area contributed by atoms with Crippen molar-refractivity contribution in [3.05, 3.63) is 35.7 Å². The smallest absolute Gasteiger partial charge is 0.222 e. The van der Waals surface area contributed by atoms with Crippen LogP contribution in [0.3, 0.4) is 0 Å². The summed E-state index contributed by atoms with van der Waals surface area (Å²) in [6.07, 6.45) is 2.74. The van der Waals surface area contributed by atoms with E-state index in [0.29, 0.717) is 19.5 Å². The van der Waals surface area contributed by atoms with Crippen molar-refractivity contribution in [2.45, 2.75) is 45.4 Å². The molecule has 0 aliphatic carbocycles. The maximum atomic E-state index is 11.8. The lowest BCUT2D eigenvalue weighted by molar-refractivity contribution is -0.121. The van der Waals surface area contributed by atoms with E-state index >= 15 is 0 Å². The molecule has 0 spiro atoms. The Balaban J connectivity index is 1.51. The second kappa shape index (κ2) is 5.75. The van der Waals surface area contributed by atoms with Gasteiger partial charge < -0.3 is 10.1 Å². The van der Waals surface area contributed by atoms with Gasteiger partial charge >= 0.3 is 0 Å². The number of carbonyl (C=O) groups is 1. The highest BCUT2D eigenvalue weighted by Crippen LogP contribution is 2.35. The van der Waals surface area contributed by atoms with Gasteiger partial charge in [-0.2, -0.15) is 0 Å². The van der Waals surface area contributed by atoms with Gasteiger partial charge in [-0.1, -0.05) is 12.1 Å². The minimum absolute atomic E-state index is 0.0208. The standard InChI is InChI=1S/C15H19N5O2/c1-15(2)8-12-7-11(3-4-13(12)22-15)9-16-14(21)5-6-20-10-17-18-19-20/h3-4,7,10H,5-6,8-9H2,1-2H3,(H,16,21). The predicted octanol–water partition coefficient (Wildman–Crippen LogP) is 1.09. The van der Waals surface area contributed by atoms with E-state index in [0.717, 1.165) is 17.7 Å². The topological polar surface area (TPSA) is 81.9 Å². The fraction of sp³-hybridized carbons (Fsp3) is 0.467. The number of hydrogen-bond acceptors (Lipinski definition) is 5. The SMILES string of the molecule is CC1(C)Cc2cc(CNC(=O)CCn3cnnn3)ccc2O1. The van der Waals surface area contributed by atoms with Crippen molar-refractivity contribution in [2.24, 2.45) is 0 Å². The van der Waals surface area contributed by atoms with Gasteiger partial charge in [0.2, 0.25) is 5.91 Å². The molecule has 0 fully saturated rings. The molecule has 1 N–H and O–H groups in total. The number of aryl methyl sites for hydroxylation is 1. The number of ether oxygens (including phenoxy) is 1. The Bertz CT molecular complexity index is 667. The third kappa shape index (κ3) is 3.41. The summed E-state index contributed by atoms with van der Waals surface area (Å²) >= 11 is 0. The summed E-state index contributed by atoms with van der Waals surface area (Å²) in [5.74, 6) is 0.923. The zero-order valence-corrected chi connectivity index (χ0v) is 12.7. The number of fused-ring (bicyclic) bond motifs is 1. The molecular weight excluding hydrogens is 282 g/mol. The first kappa shape index (κ1) is 14.5. The Morgan fingerprint density at radius 2 is 2.32 bits per heavy atom. The predicted molar refractivity (Wildman–Crippen MR) is 79.1 cm³/mol. The van der Waals surface area contributed by atoms with Crippen molar-refractivity contribution in [3.8, 4) is 5.75 Å². The molecule has 116 valence electrons. The van der Waals surface area contributed by atoms with Gasteiger partial charge in [0.1, 0.15) is 17.7 Å². The number of hydrogen-bond donors (Lipinski definition) is 1. The van der Waals surface area contributed by atoms with Crippen LogP contribution in [0.25, 0.3) is 0 Å². The van der Waals surface area contributed by atoms with Crippen molar-refractivity contribution < 1.29 is 9.53 Å². The zero-order valence-electron chi connectivity index (χ0n) is 12.7. The molecule has 0 saturated carbocycles. The van der Waals surface area contributed by atoms with Gasteiger partial charge in [0.25, 0.3) is 0 Å². The van der Waals surface area contributed by atoms with E-state index in [2.05, 4.69) is 40.8 Å². The van der Waals surface area contributed by atoms with E-state index in [1.54, 1.807) is 0 Å². The second-order valence-electron chi connectivity index (χ2n) is 6.08. The fourth-order valence-corrected chi connectivity index (χ4v) is 2.56. The highest BCUT2D eigenvalue weighted by molar-refractivity contribution is 5.75. The first-order valence-electron chi connectivity index (χ1n) is 7.30. The summed E-state index contributed by atoms with van der Waals surface area (Å²) in [7, 11) is 0. The first-order valence-corrected chi connectivity index (χ1v) is 7.30. The van der Waals surface area contributed by atoms with E-state index < -0.39 is 0 Å². The molecule has 0 bridgehead atoms. The van der Waals surface area contributed by atoms with Crippen LogP contribution in [0.5, 0.6) is 5.75 Å². The largest absolute Gasteiger partial charge is 0.487 e. The molecule has 2 heterocycles. The molecule has 1 aromatic heterocycles. The third-order valence-corrected chi connectivity index (χ3v) is 3.58. The van der Waals surface area contributed by atoms with E-state index in [1.165, 1.54) is 16.6 Å². The Kier molecular flexibility index (Phi) is 3.79. The van der Waals surface area contributed by atoms with E-state index in [-0.39, 0.29) is 11.5 Å². The van der Waals surface area contributed by atoms with Crippen LogP contribution in [0.4, 0.5) is 0 Å². The minimum Gasteiger partial charge on any atom is -0.487 e. The molecular formula is C15H19N5O2. The van der Waals surface area contributed by atoms with Crippen LogP contribution in [0, 0.1) is 0 Å². The van der Waals surface area contributed by atoms with Crippen LogP contribution in [-0.2, 0) is 24.3 Å². The number of tetrazole rings is 1. The number of aromatic nitrogens is 4. The summed E-state index contributed by atoms with van der Waals surface area (Å²) in [6.45, 7) is 5.15. The van der Waals surface area contributed by atoms with Crippen LogP contribution < -0.4 is 10.1 Å². The Morgan fingerprint density at radius 1 is 1.45 bits per heavy atom. The number of benzene rings is 1. The summed E-state index contributed by atoms with van der Waals surface area (Å²) in [5, 5.41) is 13.7. The highest BCUT2D eigenvalue weighted by atomic mass is 16.5. The van der Waals surface area contributed by atoms with Gasteiger partial charge in [-0.15, -0.1) is 5.10 Å². The molecule has 7 nitrogen and oxygen atoms in total. The fourth-order valence-electron chi connectivity index (χ4n) is 2.56. The maximum absolute atomic E-state index is 11.8. The van der Waals surface area contributed by atoms with Gasteiger partial charge in [0.15, 0.2) is 0 Å². The third-order valence-electron chi connectivity index (χ3n) is 3.58.